The number of hydrogen-bond acceptors (Lipinski definition) is 5. The van der Waals surface area contributed by atoms with Crippen LogP contribution in [0, 0.1) is 16.0 Å². The van der Waals surface area contributed by atoms with Gasteiger partial charge in [0.15, 0.2) is 0 Å². The van der Waals surface area contributed by atoms with E-state index in [-0.39, 0.29) is 10.6 Å². The van der Waals surface area contributed by atoms with Crippen molar-refractivity contribution in [3.8, 4) is 0 Å². The number of nitro benzene ring substituents is 1. The Morgan fingerprint density at radius 2 is 2.00 bits per heavy atom. The van der Waals surface area contributed by atoms with E-state index in [9.17, 15) is 28.4 Å². The number of carboxylic acid groups (broad SMARTS) is 1. The minimum Gasteiger partial charge on any atom is -0.480 e. The van der Waals surface area contributed by atoms with Crippen molar-refractivity contribution in [2.45, 2.75) is 44.6 Å². The molecule has 23 heavy (non-hydrogen) atoms. The summed E-state index contributed by atoms with van der Waals surface area (Å²) in [5.74, 6) is -1.71. The van der Waals surface area contributed by atoms with Crippen molar-refractivity contribution in [3.63, 3.8) is 0 Å². The molecule has 0 unspecified atom stereocenters. The quantitative estimate of drug-likeness (QED) is 0.548. The summed E-state index contributed by atoms with van der Waals surface area (Å²) in [5.41, 5.74) is 0.0226. The summed E-state index contributed by atoms with van der Waals surface area (Å²) in [7, 11) is -4.19. The molecular formula is C14H20N2O6S. The maximum atomic E-state index is 12.5. The molecule has 1 rings (SSSR count). The molecule has 9 heteroatoms. The lowest BCUT2D eigenvalue weighted by molar-refractivity contribution is -0.385. The highest BCUT2D eigenvalue weighted by molar-refractivity contribution is 7.89. The fraction of sp³-hybridized carbons (Fsp3) is 0.500. The largest absolute Gasteiger partial charge is 0.480 e. The number of rotatable bonds is 8. The van der Waals surface area contributed by atoms with E-state index in [2.05, 4.69) is 4.72 Å². The molecule has 0 bridgehead atoms. The number of nitrogens with one attached hydrogen (secondary N) is 1. The van der Waals surface area contributed by atoms with E-state index in [1.807, 2.05) is 0 Å². The summed E-state index contributed by atoms with van der Waals surface area (Å²) in [6.45, 7) is 5.08. The molecule has 8 nitrogen and oxygen atoms in total. The van der Waals surface area contributed by atoms with Gasteiger partial charge in [-0.3, -0.25) is 14.9 Å². The minimum atomic E-state index is -4.19. The summed E-state index contributed by atoms with van der Waals surface area (Å²) >= 11 is 0. The van der Waals surface area contributed by atoms with Gasteiger partial charge in [-0.15, -0.1) is 0 Å². The van der Waals surface area contributed by atoms with Crippen molar-refractivity contribution in [2.24, 2.45) is 5.92 Å². The Balaban J connectivity index is 3.33. The number of nitrogens with zero attached hydrogens (tertiary/aromatic N) is 1. The third-order valence-electron chi connectivity index (χ3n) is 3.69. The smallest absolute Gasteiger partial charge is 0.322 e. The Bertz CT molecular complexity index is 701. The number of carbonyl (C=O) groups is 1. The van der Waals surface area contributed by atoms with Gasteiger partial charge in [0.25, 0.3) is 5.69 Å². The highest BCUT2D eigenvalue weighted by Crippen LogP contribution is 2.24. The van der Waals surface area contributed by atoms with E-state index in [4.69, 9.17) is 0 Å². The highest BCUT2D eigenvalue weighted by Gasteiger charge is 2.31. The van der Waals surface area contributed by atoms with Gasteiger partial charge in [-0.05, 0) is 17.9 Å². The lowest BCUT2D eigenvalue weighted by atomic mass is 10.0. The molecule has 0 amide bonds. The number of hydrogen-bond donors (Lipinski definition) is 2. The Labute approximate surface area is 134 Å². The molecule has 128 valence electrons. The van der Waals surface area contributed by atoms with Crippen LogP contribution in [-0.2, 0) is 21.2 Å². The molecule has 0 aromatic heterocycles. The maximum Gasteiger partial charge on any atom is 0.322 e. The SMILES string of the molecule is CCc1ccc([N+](=O)[O-])cc1S(=O)(=O)N[C@H](C(=O)O)[C@@H](C)CC. The minimum absolute atomic E-state index is 0.260. The molecule has 2 atom stereocenters. The summed E-state index contributed by atoms with van der Waals surface area (Å²) in [6.07, 6.45) is 0.810. The Hall–Kier alpha value is -2.00. The van der Waals surface area contributed by atoms with Crippen LogP contribution in [0.5, 0.6) is 0 Å². The number of sulfonamides is 1. The predicted octanol–water partition coefficient (Wildman–Crippen LogP) is 1.93. The number of aryl methyl sites for hydroxylation is 1. The van der Waals surface area contributed by atoms with Gasteiger partial charge in [0.1, 0.15) is 6.04 Å². The first kappa shape index (κ1) is 19.0. The molecule has 1 aromatic carbocycles. The van der Waals surface area contributed by atoms with E-state index in [1.165, 1.54) is 12.1 Å². The lowest BCUT2D eigenvalue weighted by Gasteiger charge is -2.20. The normalized spacial score (nSPS) is 14.2. The summed E-state index contributed by atoms with van der Waals surface area (Å²) in [6, 6.07) is 2.25. The summed E-state index contributed by atoms with van der Waals surface area (Å²) < 4.78 is 27.2. The molecule has 0 fully saturated rings. The highest BCUT2D eigenvalue weighted by atomic mass is 32.2. The van der Waals surface area contributed by atoms with E-state index in [1.54, 1.807) is 20.8 Å². The zero-order valence-electron chi connectivity index (χ0n) is 13.1. The third-order valence-corrected chi connectivity index (χ3v) is 5.22. The number of benzene rings is 1. The molecule has 0 aliphatic rings. The van der Waals surface area contributed by atoms with Crippen LogP contribution in [0.25, 0.3) is 0 Å². The Morgan fingerprint density at radius 3 is 2.43 bits per heavy atom. The lowest BCUT2D eigenvalue weighted by Crippen LogP contribution is -2.45. The Kier molecular flexibility index (Phi) is 6.22. The molecule has 0 radical (unpaired) electrons. The standard InChI is InChI=1S/C14H20N2O6S/c1-4-9(3)13(14(17)18)15-23(21,22)12-8-11(16(19)20)7-6-10(12)5-2/h6-9,13,15H,4-5H2,1-3H3,(H,17,18)/t9-,13-/m0/s1. The molecule has 0 saturated heterocycles. The van der Waals surface area contributed by atoms with Crippen LogP contribution in [0.2, 0.25) is 0 Å². The van der Waals surface area contributed by atoms with Crippen molar-refractivity contribution in [2.75, 3.05) is 0 Å². The predicted molar refractivity (Wildman–Crippen MR) is 83.7 cm³/mol. The zero-order chi connectivity index (χ0) is 17.8. The molecule has 0 aliphatic carbocycles. The van der Waals surface area contributed by atoms with E-state index in [0.29, 0.717) is 18.4 Å². The fourth-order valence-electron chi connectivity index (χ4n) is 2.08. The first-order valence-electron chi connectivity index (χ1n) is 7.16. The van der Waals surface area contributed by atoms with Gasteiger partial charge >= 0.3 is 5.97 Å². The van der Waals surface area contributed by atoms with Crippen molar-refractivity contribution in [3.05, 3.63) is 33.9 Å². The molecule has 0 heterocycles. The van der Waals surface area contributed by atoms with Crippen molar-refractivity contribution < 1.29 is 23.2 Å². The van der Waals surface area contributed by atoms with Crippen molar-refractivity contribution in [1.29, 1.82) is 0 Å². The zero-order valence-corrected chi connectivity index (χ0v) is 14.0. The molecule has 0 spiro atoms. The fourth-order valence-corrected chi connectivity index (χ4v) is 3.70. The van der Waals surface area contributed by atoms with E-state index >= 15 is 0 Å². The van der Waals surface area contributed by atoms with E-state index in [0.717, 1.165) is 6.07 Å². The van der Waals surface area contributed by atoms with Gasteiger partial charge in [-0.25, -0.2) is 8.42 Å². The second-order valence-electron chi connectivity index (χ2n) is 5.23. The first-order chi connectivity index (χ1) is 10.6. The van der Waals surface area contributed by atoms with Gasteiger partial charge < -0.3 is 5.11 Å². The first-order valence-corrected chi connectivity index (χ1v) is 8.64. The van der Waals surface area contributed by atoms with Gasteiger partial charge in [0.2, 0.25) is 10.0 Å². The molecule has 0 aliphatic heterocycles. The maximum absolute atomic E-state index is 12.5. The number of non-ortho nitro benzene ring substituents is 1. The molecule has 0 saturated carbocycles. The van der Waals surface area contributed by atoms with Crippen LogP contribution in [-0.4, -0.2) is 30.5 Å². The molecule has 1 aromatic rings. The average molecular weight is 344 g/mol. The van der Waals surface area contributed by atoms with Gasteiger partial charge in [-0.1, -0.05) is 33.3 Å². The Morgan fingerprint density at radius 1 is 1.39 bits per heavy atom. The number of carboxylic acids is 1. The van der Waals surface area contributed by atoms with Crippen LogP contribution in [0.1, 0.15) is 32.8 Å². The van der Waals surface area contributed by atoms with Crippen molar-refractivity contribution >= 4 is 21.7 Å². The third kappa shape index (κ3) is 4.49. The van der Waals surface area contributed by atoms with Crippen LogP contribution >= 0.6 is 0 Å². The van der Waals surface area contributed by atoms with Crippen LogP contribution in [0.15, 0.2) is 23.1 Å². The van der Waals surface area contributed by atoms with Gasteiger partial charge in [0, 0.05) is 12.1 Å². The number of aliphatic carboxylic acids is 1. The van der Waals surface area contributed by atoms with Crippen LogP contribution < -0.4 is 4.72 Å². The summed E-state index contributed by atoms with van der Waals surface area (Å²) in [5, 5.41) is 20.1. The average Bonchev–Trinajstić information content (AvgIpc) is 2.50. The number of nitro groups is 1. The second kappa shape index (κ2) is 7.51. The van der Waals surface area contributed by atoms with Gasteiger partial charge in [-0.2, -0.15) is 4.72 Å². The second-order valence-corrected chi connectivity index (χ2v) is 6.91. The van der Waals surface area contributed by atoms with Crippen LogP contribution in [0.3, 0.4) is 0 Å². The molecular weight excluding hydrogens is 324 g/mol. The topological polar surface area (TPSA) is 127 Å². The monoisotopic (exact) mass is 344 g/mol. The van der Waals surface area contributed by atoms with Gasteiger partial charge in [0.05, 0.1) is 9.82 Å². The van der Waals surface area contributed by atoms with Crippen molar-refractivity contribution in [1.82, 2.24) is 4.72 Å². The molecule has 2 N–H and O–H groups in total. The van der Waals surface area contributed by atoms with Crippen LogP contribution in [0.4, 0.5) is 5.69 Å². The van der Waals surface area contributed by atoms with E-state index < -0.39 is 32.9 Å². The summed E-state index contributed by atoms with van der Waals surface area (Å²) in [4.78, 5) is 21.2.